The fraction of sp³-hybridized carbons (Fsp3) is 0.462. The van der Waals surface area contributed by atoms with E-state index in [-0.39, 0.29) is 10.8 Å². The highest BCUT2D eigenvalue weighted by Crippen LogP contribution is 2.14. The van der Waals surface area contributed by atoms with Gasteiger partial charge >= 0.3 is 0 Å². The molecule has 0 spiro atoms. The molecule has 0 unspecified atom stereocenters. The molecule has 0 heterocycles. The minimum absolute atomic E-state index is 0.249. The maximum Gasteiger partial charge on any atom is 0.240 e. The van der Waals surface area contributed by atoms with Crippen molar-refractivity contribution in [3.63, 3.8) is 0 Å². The molecule has 6 nitrogen and oxygen atoms in total. The highest BCUT2D eigenvalue weighted by Gasteiger charge is 2.11. The normalized spacial score (nSPS) is 11.2. The van der Waals surface area contributed by atoms with Crippen molar-refractivity contribution in [1.82, 2.24) is 4.72 Å². The maximum absolute atomic E-state index is 11.7. The zero-order valence-electron chi connectivity index (χ0n) is 11.6. The van der Waals surface area contributed by atoms with Crippen molar-refractivity contribution in [2.75, 3.05) is 18.4 Å². The van der Waals surface area contributed by atoms with Crippen LogP contribution in [0.3, 0.4) is 0 Å². The van der Waals surface area contributed by atoms with Gasteiger partial charge in [-0.2, -0.15) is 0 Å². The van der Waals surface area contributed by atoms with Crippen LogP contribution in [0.1, 0.15) is 26.2 Å². The van der Waals surface area contributed by atoms with Crippen molar-refractivity contribution in [2.24, 2.45) is 5.73 Å². The summed E-state index contributed by atoms with van der Waals surface area (Å²) in [6.45, 7) is 2.81. The number of unbranched alkanes of at least 4 members (excludes halogenated alkanes) is 1. The average Bonchev–Trinajstić information content (AvgIpc) is 2.38. The van der Waals surface area contributed by atoms with E-state index in [9.17, 15) is 13.2 Å². The Morgan fingerprint density at radius 2 is 1.85 bits per heavy atom. The van der Waals surface area contributed by atoms with Gasteiger partial charge < -0.3 is 11.1 Å². The number of primary amides is 1. The van der Waals surface area contributed by atoms with Crippen LogP contribution in [0.25, 0.3) is 0 Å². The monoisotopic (exact) mass is 299 g/mol. The Morgan fingerprint density at radius 3 is 2.40 bits per heavy atom. The Labute approximate surface area is 119 Å². The molecule has 4 N–H and O–H groups in total. The number of sulfonamides is 1. The molecule has 0 aliphatic carbocycles. The highest BCUT2D eigenvalue weighted by atomic mass is 32.2. The van der Waals surface area contributed by atoms with Crippen LogP contribution in [-0.4, -0.2) is 27.4 Å². The summed E-state index contributed by atoms with van der Waals surface area (Å²) in [5, 5.41) is 3.16. The molecule has 0 bridgehead atoms. The van der Waals surface area contributed by atoms with E-state index in [4.69, 9.17) is 5.73 Å². The first-order valence-electron chi connectivity index (χ1n) is 6.57. The third kappa shape index (κ3) is 5.58. The topological polar surface area (TPSA) is 101 Å². The third-order valence-electron chi connectivity index (χ3n) is 2.68. The van der Waals surface area contributed by atoms with Crippen LogP contribution in [0.15, 0.2) is 29.2 Å². The minimum atomic E-state index is -3.39. The molecular formula is C13H21N3O3S. The molecule has 1 amide bonds. The summed E-state index contributed by atoms with van der Waals surface area (Å²) in [4.78, 5) is 10.8. The van der Waals surface area contributed by atoms with E-state index < -0.39 is 10.0 Å². The van der Waals surface area contributed by atoms with Gasteiger partial charge in [-0.1, -0.05) is 6.92 Å². The molecule has 0 saturated heterocycles. The second kappa shape index (κ2) is 7.86. The highest BCUT2D eigenvalue weighted by molar-refractivity contribution is 7.89. The van der Waals surface area contributed by atoms with Crippen LogP contribution in [0.2, 0.25) is 0 Å². The number of carbonyl (C=O) groups is 1. The quantitative estimate of drug-likeness (QED) is 0.593. The van der Waals surface area contributed by atoms with Crippen LogP contribution in [0.4, 0.5) is 5.69 Å². The Bertz CT molecular complexity index is 526. The van der Waals surface area contributed by atoms with Crippen molar-refractivity contribution >= 4 is 21.6 Å². The zero-order chi connectivity index (χ0) is 15.0. The molecule has 112 valence electrons. The van der Waals surface area contributed by atoms with Crippen LogP contribution < -0.4 is 15.8 Å². The average molecular weight is 299 g/mol. The predicted molar refractivity (Wildman–Crippen MR) is 78.8 cm³/mol. The lowest BCUT2D eigenvalue weighted by atomic mass is 10.2. The van der Waals surface area contributed by atoms with Crippen molar-refractivity contribution in [3.05, 3.63) is 24.3 Å². The van der Waals surface area contributed by atoms with Gasteiger partial charge in [0.2, 0.25) is 15.9 Å². The van der Waals surface area contributed by atoms with Gasteiger partial charge in [-0.25, -0.2) is 13.1 Å². The van der Waals surface area contributed by atoms with Crippen molar-refractivity contribution in [2.45, 2.75) is 31.1 Å². The molecule has 0 saturated carbocycles. The lowest BCUT2D eigenvalue weighted by molar-refractivity contribution is -0.118. The van der Waals surface area contributed by atoms with Gasteiger partial charge in [0.15, 0.2) is 0 Å². The Balaban J connectivity index is 2.45. The summed E-state index contributed by atoms with van der Waals surface area (Å²) < 4.78 is 25.9. The van der Waals surface area contributed by atoms with Gasteiger partial charge in [0, 0.05) is 25.2 Å². The number of amides is 1. The Morgan fingerprint density at radius 1 is 1.20 bits per heavy atom. The number of nitrogens with one attached hydrogen (secondary N) is 2. The number of hydrogen-bond acceptors (Lipinski definition) is 4. The van der Waals surface area contributed by atoms with Crippen LogP contribution >= 0.6 is 0 Å². The van der Waals surface area contributed by atoms with Crippen LogP contribution in [0.5, 0.6) is 0 Å². The molecule has 0 aliphatic heterocycles. The fourth-order valence-electron chi connectivity index (χ4n) is 1.68. The SMILES string of the molecule is CCNS(=O)(=O)c1ccc(NCCCCC(N)=O)cc1. The van der Waals surface area contributed by atoms with Gasteiger partial charge in [0.25, 0.3) is 0 Å². The molecule has 1 rings (SSSR count). The number of hydrogen-bond donors (Lipinski definition) is 3. The van der Waals surface area contributed by atoms with E-state index in [1.807, 2.05) is 0 Å². The van der Waals surface area contributed by atoms with Gasteiger partial charge in [0.1, 0.15) is 0 Å². The van der Waals surface area contributed by atoms with E-state index in [0.717, 1.165) is 18.5 Å². The molecule has 0 aromatic heterocycles. The Kier molecular flexibility index (Phi) is 6.47. The summed E-state index contributed by atoms with van der Waals surface area (Å²) in [5.41, 5.74) is 5.89. The second-order valence-corrected chi connectivity index (χ2v) is 6.14. The molecule has 0 fully saturated rings. The molecular weight excluding hydrogens is 278 g/mol. The lowest BCUT2D eigenvalue weighted by Crippen LogP contribution is -2.23. The van der Waals surface area contributed by atoms with E-state index in [1.165, 1.54) is 0 Å². The van der Waals surface area contributed by atoms with Gasteiger partial charge in [-0.15, -0.1) is 0 Å². The molecule has 20 heavy (non-hydrogen) atoms. The molecule has 7 heteroatoms. The molecule has 1 aromatic carbocycles. The molecule has 1 aromatic rings. The largest absolute Gasteiger partial charge is 0.385 e. The van der Waals surface area contributed by atoms with Gasteiger partial charge in [0.05, 0.1) is 4.90 Å². The van der Waals surface area contributed by atoms with Gasteiger partial charge in [-0.3, -0.25) is 4.79 Å². The Hall–Kier alpha value is -1.60. The molecule has 0 atom stereocenters. The third-order valence-corrected chi connectivity index (χ3v) is 4.24. The minimum Gasteiger partial charge on any atom is -0.385 e. The number of anilines is 1. The summed E-state index contributed by atoms with van der Waals surface area (Å²) in [7, 11) is -3.39. The first kappa shape index (κ1) is 16.5. The van der Waals surface area contributed by atoms with Crippen molar-refractivity contribution < 1.29 is 13.2 Å². The van der Waals surface area contributed by atoms with E-state index in [1.54, 1.807) is 31.2 Å². The number of carbonyl (C=O) groups excluding carboxylic acids is 1. The first-order chi connectivity index (χ1) is 9.45. The number of nitrogens with two attached hydrogens (primary N) is 1. The maximum atomic E-state index is 11.7. The molecule has 0 radical (unpaired) electrons. The smallest absolute Gasteiger partial charge is 0.240 e. The second-order valence-electron chi connectivity index (χ2n) is 4.38. The standard InChI is InChI=1S/C13H21N3O3S/c1-2-16-20(18,19)12-8-6-11(7-9-12)15-10-4-3-5-13(14)17/h6-9,15-16H,2-5,10H2,1H3,(H2,14,17). The lowest BCUT2D eigenvalue weighted by Gasteiger charge is -2.08. The number of benzene rings is 1. The first-order valence-corrected chi connectivity index (χ1v) is 8.06. The van der Waals surface area contributed by atoms with Crippen molar-refractivity contribution in [3.8, 4) is 0 Å². The van der Waals surface area contributed by atoms with Crippen LogP contribution in [0, 0.1) is 0 Å². The van der Waals surface area contributed by atoms with Crippen LogP contribution in [-0.2, 0) is 14.8 Å². The van der Waals surface area contributed by atoms with E-state index in [2.05, 4.69) is 10.0 Å². The summed E-state index contributed by atoms with van der Waals surface area (Å²) in [6.07, 6.45) is 1.97. The zero-order valence-corrected chi connectivity index (χ0v) is 12.4. The predicted octanol–water partition coefficient (Wildman–Crippen LogP) is 1.05. The molecule has 0 aliphatic rings. The number of rotatable bonds is 9. The summed E-state index contributed by atoms with van der Waals surface area (Å²) in [6, 6.07) is 6.56. The van der Waals surface area contributed by atoms with Crippen molar-refractivity contribution in [1.29, 1.82) is 0 Å². The van der Waals surface area contributed by atoms with E-state index in [0.29, 0.717) is 19.5 Å². The van der Waals surface area contributed by atoms with E-state index >= 15 is 0 Å². The summed E-state index contributed by atoms with van der Waals surface area (Å²) >= 11 is 0. The van der Waals surface area contributed by atoms with Gasteiger partial charge in [-0.05, 0) is 37.1 Å². The fourth-order valence-corrected chi connectivity index (χ4v) is 2.72. The summed E-state index contributed by atoms with van der Waals surface area (Å²) in [5.74, 6) is -0.289.